The minimum atomic E-state index is -0.659. The van der Waals surface area contributed by atoms with E-state index in [4.69, 9.17) is 9.47 Å². The molecule has 2 aromatic rings. The Kier molecular flexibility index (Phi) is 5.92. The molecule has 0 spiro atoms. The number of carbonyl (C=O) groups excluding carboxylic acids is 2. The highest BCUT2D eigenvalue weighted by Gasteiger charge is 2.37. The van der Waals surface area contributed by atoms with Crippen molar-refractivity contribution in [3.63, 3.8) is 0 Å². The van der Waals surface area contributed by atoms with Crippen LogP contribution in [-0.2, 0) is 9.59 Å². The normalized spacial score (nSPS) is 15.0. The van der Waals surface area contributed by atoms with E-state index in [9.17, 15) is 9.59 Å². The van der Waals surface area contributed by atoms with Crippen LogP contribution in [0.1, 0.15) is 19.4 Å². The molecule has 0 saturated heterocycles. The van der Waals surface area contributed by atoms with E-state index in [-0.39, 0.29) is 25.0 Å². The van der Waals surface area contributed by atoms with Gasteiger partial charge in [0, 0.05) is 18.3 Å². The van der Waals surface area contributed by atoms with E-state index in [1.165, 1.54) is 0 Å². The fourth-order valence-electron chi connectivity index (χ4n) is 3.02. The first-order valence-electron chi connectivity index (χ1n) is 9.49. The first-order chi connectivity index (χ1) is 13.8. The third-order valence-electron chi connectivity index (χ3n) is 4.65. The van der Waals surface area contributed by atoms with Crippen molar-refractivity contribution in [2.24, 2.45) is 5.41 Å². The summed E-state index contributed by atoms with van der Waals surface area (Å²) < 4.78 is 11.4. The summed E-state index contributed by atoms with van der Waals surface area (Å²) >= 11 is 0. The molecule has 0 saturated carbocycles. The molecule has 0 atom stereocenters. The number of nitrogens with zero attached hydrogens (tertiary/aromatic N) is 1. The van der Waals surface area contributed by atoms with Crippen molar-refractivity contribution in [1.82, 2.24) is 0 Å². The van der Waals surface area contributed by atoms with Crippen LogP contribution in [0.3, 0.4) is 0 Å². The van der Waals surface area contributed by atoms with Gasteiger partial charge in [-0.05, 0) is 45.0 Å². The van der Waals surface area contributed by atoms with Crippen LogP contribution in [0.25, 0.3) is 0 Å². The maximum absolute atomic E-state index is 12.8. The third-order valence-corrected chi connectivity index (χ3v) is 4.65. The van der Waals surface area contributed by atoms with Crippen molar-refractivity contribution in [3.8, 4) is 11.5 Å². The van der Waals surface area contributed by atoms with Crippen LogP contribution in [-0.4, -0.2) is 31.6 Å². The lowest BCUT2D eigenvalue weighted by Crippen LogP contribution is -2.42. The number of carbonyl (C=O) groups is 2. The molecule has 1 N–H and O–H groups in total. The maximum Gasteiger partial charge on any atom is 0.262 e. The monoisotopic (exact) mass is 394 g/mol. The summed E-state index contributed by atoms with van der Waals surface area (Å²) in [4.78, 5) is 26.7. The van der Waals surface area contributed by atoms with Crippen molar-refractivity contribution < 1.29 is 19.1 Å². The molecule has 2 amide bonds. The van der Waals surface area contributed by atoms with E-state index in [0.717, 1.165) is 5.56 Å². The highest BCUT2D eigenvalue weighted by molar-refractivity contribution is 6.00. The molecule has 0 fully saturated rings. The highest BCUT2D eigenvalue weighted by Crippen LogP contribution is 2.38. The molecule has 29 heavy (non-hydrogen) atoms. The SMILES string of the molecule is C=CCN1C(=O)C(C)(C)COc2cc(NC(=O)COc3ccc(C)cc3)ccc21. The van der Waals surface area contributed by atoms with Crippen LogP contribution in [0.5, 0.6) is 11.5 Å². The number of benzene rings is 2. The van der Waals surface area contributed by atoms with Gasteiger partial charge in [-0.2, -0.15) is 0 Å². The number of rotatable bonds is 6. The molecule has 0 unspecified atom stereocenters. The zero-order chi connectivity index (χ0) is 21.0. The number of hydrogen-bond donors (Lipinski definition) is 1. The Balaban J connectivity index is 1.71. The molecular formula is C23H26N2O4. The minimum Gasteiger partial charge on any atom is -0.490 e. The first-order valence-corrected chi connectivity index (χ1v) is 9.49. The molecule has 6 heteroatoms. The summed E-state index contributed by atoms with van der Waals surface area (Å²) in [6.07, 6.45) is 1.68. The van der Waals surface area contributed by atoms with Gasteiger partial charge in [-0.3, -0.25) is 9.59 Å². The zero-order valence-electron chi connectivity index (χ0n) is 17.0. The van der Waals surface area contributed by atoms with Crippen molar-refractivity contribution in [1.29, 1.82) is 0 Å². The third kappa shape index (κ3) is 4.77. The van der Waals surface area contributed by atoms with Gasteiger partial charge in [0.1, 0.15) is 18.1 Å². The Morgan fingerprint density at radius 1 is 1.28 bits per heavy atom. The second-order valence-electron chi connectivity index (χ2n) is 7.71. The molecule has 1 aliphatic rings. The standard InChI is InChI=1S/C23H26N2O4/c1-5-12-25-19-11-8-17(13-20(19)29-15-23(3,4)22(25)27)24-21(26)14-28-18-9-6-16(2)7-10-18/h5-11,13H,1,12,14-15H2,2-4H3,(H,24,26). The van der Waals surface area contributed by atoms with Crippen LogP contribution in [0.15, 0.2) is 55.1 Å². The average molecular weight is 394 g/mol. The number of nitrogens with one attached hydrogen (secondary N) is 1. The Morgan fingerprint density at radius 3 is 2.69 bits per heavy atom. The van der Waals surface area contributed by atoms with Gasteiger partial charge in [0.2, 0.25) is 5.91 Å². The van der Waals surface area contributed by atoms with Crippen LogP contribution >= 0.6 is 0 Å². The second kappa shape index (κ2) is 8.39. The lowest BCUT2D eigenvalue weighted by molar-refractivity contribution is -0.127. The smallest absolute Gasteiger partial charge is 0.262 e. The molecule has 0 aromatic heterocycles. The molecule has 1 heterocycles. The van der Waals surface area contributed by atoms with Gasteiger partial charge in [-0.1, -0.05) is 23.8 Å². The van der Waals surface area contributed by atoms with Gasteiger partial charge < -0.3 is 19.7 Å². The number of ether oxygens (including phenoxy) is 2. The number of amides is 2. The summed E-state index contributed by atoms with van der Waals surface area (Å²) in [5.41, 5.74) is 1.70. The minimum absolute atomic E-state index is 0.0283. The summed E-state index contributed by atoms with van der Waals surface area (Å²) in [5, 5.41) is 2.81. The van der Waals surface area contributed by atoms with E-state index in [1.807, 2.05) is 45.0 Å². The van der Waals surface area contributed by atoms with E-state index >= 15 is 0 Å². The van der Waals surface area contributed by atoms with Gasteiger partial charge in [-0.25, -0.2) is 0 Å². The molecular weight excluding hydrogens is 368 g/mol. The van der Waals surface area contributed by atoms with Gasteiger partial charge in [-0.15, -0.1) is 6.58 Å². The highest BCUT2D eigenvalue weighted by atomic mass is 16.5. The number of aryl methyl sites for hydroxylation is 1. The Bertz CT molecular complexity index is 919. The van der Waals surface area contributed by atoms with Gasteiger partial charge in [0.05, 0.1) is 11.1 Å². The summed E-state index contributed by atoms with van der Waals surface area (Å²) in [6.45, 7) is 9.96. The quantitative estimate of drug-likeness (QED) is 0.754. The lowest BCUT2D eigenvalue weighted by Gasteiger charge is -2.27. The van der Waals surface area contributed by atoms with Gasteiger partial charge in [0.15, 0.2) is 6.61 Å². The molecule has 152 valence electrons. The number of anilines is 2. The fraction of sp³-hybridized carbons (Fsp3) is 0.304. The van der Waals surface area contributed by atoms with E-state index in [1.54, 1.807) is 29.2 Å². The van der Waals surface area contributed by atoms with Crippen molar-refractivity contribution >= 4 is 23.2 Å². The molecule has 0 radical (unpaired) electrons. The van der Waals surface area contributed by atoms with Gasteiger partial charge >= 0.3 is 0 Å². The predicted molar refractivity (Wildman–Crippen MR) is 114 cm³/mol. The average Bonchev–Trinajstić information content (AvgIpc) is 2.78. The van der Waals surface area contributed by atoms with Crippen LogP contribution in [0, 0.1) is 12.3 Å². The summed E-state index contributed by atoms with van der Waals surface area (Å²) in [5.74, 6) is 0.873. The van der Waals surface area contributed by atoms with E-state index in [0.29, 0.717) is 29.4 Å². The largest absolute Gasteiger partial charge is 0.490 e. The second-order valence-corrected chi connectivity index (χ2v) is 7.71. The molecule has 2 aromatic carbocycles. The van der Waals surface area contributed by atoms with Crippen molar-refractivity contribution in [2.45, 2.75) is 20.8 Å². The maximum atomic E-state index is 12.8. The zero-order valence-corrected chi connectivity index (χ0v) is 17.0. The lowest BCUT2D eigenvalue weighted by atomic mass is 9.93. The molecule has 0 bridgehead atoms. The molecule has 3 rings (SSSR count). The number of fused-ring (bicyclic) bond motifs is 1. The number of hydrogen-bond acceptors (Lipinski definition) is 4. The predicted octanol–water partition coefficient (Wildman–Crippen LogP) is 3.95. The van der Waals surface area contributed by atoms with Crippen LogP contribution in [0.4, 0.5) is 11.4 Å². The van der Waals surface area contributed by atoms with Crippen molar-refractivity contribution in [2.75, 3.05) is 30.0 Å². The Hall–Kier alpha value is -3.28. The van der Waals surface area contributed by atoms with Gasteiger partial charge in [0.25, 0.3) is 5.91 Å². The van der Waals surface area contributed by atoms with E-state index in [2.05, 4.69) is 11.9 Å². The first kappa shape index (κ1) is 20.5. The van der Waals surface area contributed by atoms with Crippen molar-refractivity contribution in [3.05, 3.63) is 60.7 Å². The fourth-order valence-corrected chi connectivity index (χ4v) is 3.02. The molecule has 0 aliphatic carbocycles. The Labute approximate surface area is 171 Å². The summed E-state index contributed by atoms with van der Waals surface area (Å²) in [6, 6.07) is 12.7. The summed E-state index contributed by atoms with van der Waals surface area (Å²) in [7, 11) is 0. The van der Waals surface area contributed by atoms with Crippen LogP contribution in [0.2, 0.25) is 0 Å². The van der Waals surface area contributed by atoms with E-state index < -0.39 is 5.41 Å². The Morgan fingerprint density at radius 2 is 2.00 bits per heavy atom. The molecule has 6 nitrogen and oxygen atoms in total. The molecule has 1 aliphatic heterocycles. The van der Waals surface area contributed by atoms with Crippen LogP contribution < -0.4 is 19.7 Å². The topological polar surface area (TPSA) is 67.9 Å².